The van der Waals surface area contributed by atoms with Crippen LogP contribution in [0.2, 0.25) is 0 Å². The number of benzene rings is 1. The molecule has 0 aliphatic heterocycles. The smallest absolute Gasteiger partial charge is 0.161 e. The zero-order valence-corrected chi connectivity index (χ0v) is 12.2. The van der Waals surface area contributed by atoms with E-state index in [0.29, 0.717) is 10.9 Å². The zero-order valence-electron chi connectivity index (χ0n) is 11.3. The lowest BCUT2D eigenvalue weighted by Gasteiger charge is -2.10. The predicted octanol–water partition coefficient (Wildman–Crippen LogP) is 4.89. The Morgan fingerprint density at radius 3 is 2.50 bits per heavy atom. The molecule has 1 unspecified atom stereocenters. The Labute approximate surface area is 120 Å². The fourth-order valence-corrected chi connectivity index (χ4v) is 2.96. The van der Waals surface area contributed by atoms with Crippen molar-refractivity contribution in [3.63, 3.8) is 0 Å². The van der Waals surface area contributed by atoms with Crippen LogP contribution in [-0.4, -0.2) is 6.54 Å². The number of halogens is 3. The second-order valence-electron chi connectivity index (χ2n) is 4.62. The average Bonchev–Trinajstić information content (AvgIpc) is 2.89. The summed E-state index contributed by atoms with van der Waals surface area (Å²) in [7, 11) is 0. The van der Waals surface area contributed by atoms with Crippen molar-refractivity contribution in [2.75, 3.05) is 6.54 Å². The molecule has 0 spiro atoms. The predicted molar refractivity (Wildman–Crippen MR) is 76.3 cm³/mol. The highest BCUT2D eigenvalue weighted by Gasteiger charge is 2.15. The fraction of sp³-hybridized carbons (Fsp3) is 0.333. The molecule has 0 bridgehead atoms. The Bertz CT molecular complexity index is 595. The van der Waals surface area contributed by atoms with Gasteiger partial charge >= 0.3 is 0 Å². The van der Waals surface area contributed by atoms with Gasteiger partial charge in [0.2, 0.25) is 0 Å². The lowest BCUT2D eigenvalue weighted by molar-refractivity contribution is 0.496. The third-order valence-corrected chi connectivity index (χ3v) is 4.33. The molecular formula is C15H16F3NS. The highest BCUT2D eigenvalue weighted by molar-refractivity contribution is 7.15. The summed E-state index contributed by atoms with van der Waals surface area (Å²) in [5, 5.41) is 3.33. The molecule has 1 nitrogen and oxygen atoms in total. The van der Waals surface area contributed by atoms with Gasteiger partial charge in [-0.3, -0.25) is 0 Å². The van der Waals surface area contributed by atoms with E-state index in [4.69, 9.17) is 0 Å². The first-order chi connectivity index (χ1) is 9.52. The summed E-state index contributed by atoms with van der Waals surface area (Å²) in [6.45, 7) is 5.00. The van der Waals surface area contributed by atoms with Crippen LogP contribution in [-0.2, 0) is 0 Å². The molecule has 20 heavy (non-hydrogen) atoms. The van der Waals surface area contributed by atoms with E-state index in [1.54, 1.807) is 6.07 Å². The Morgan fingerprint density at radius 2 is 1.80 bits per heavy atom. The molecular weight excluding hydrogens is 283 g/mol. The van der Waals surface area contributed by atoms with Gasteiger partial charge in [0.1, 0.15) is 5.82 Å². The van der Waals surface area contributed by atoms with Gasteiger partial charge in [0.05, 0.1) is 0 Å². The maximum atomic E-state index is 13.7. The van der Waals surface area contributed by atoms with E-state index in [9.17, 15) is 13.2 Å². The first-order valence-electron chi connectivity index (χ1n) is 6.51. The number of hydrogen-bond donors (Lipinski definition) is 1. The van der Waals surface area contributed by atoms with Crippen molar-refractivity contribution in [1.82, 2.24) is 5.32 Å². The second-order valence-corrected chi connectivity index (χ2v) is 5.74. The van der Waals surface area contributed by atoms with Gasteiger partial charge in [0, 0.05) is 27.4 Å². The highest BCUT2D eigenvalue weighted by atomic mass is 32.1. The van der Waals surface area contributed by atoms with Gasteiger partial charge in [-0.1, -0.05) is 6.92 Å². The van der Waals surface area contributed by atoms with Gasteiger partial charge in [-0.2, -0.15) is 0 Å². The largest absolute Gasteiger partial charge is 0.309 e. The van der Waals surface area contributed by atoms with Crippen molar-refractivity contribution < 1.29 is 13.2 Å². The van der Waals surface area contributed by atoms with Gasteiger partial charge in [0.15, 0.2) is 11.6 Å². The molecule has 0 aliphatic rings. The molecule has 0 fully saturated rings. The van der Waals surface area contributed by atoms with Crippen LogP contribution in [0.15, 0.2) is 24.3 Å². The Kier molecular flexibility index (Phi) is 4.83. The quantitative estimate of drug-likeness (QED) is 0.775. The number of rotatable bonds is 5. The number of nitrogens with one attached hydrogen (secondary N) is 1. The van der Waals surface area contributed by atoms with Crippen LogP contribution in [0.5, 0.6) is 0 Å². The van der Waals surface area contributed by atoms with Crippen molar-refractivity contribution in [1.29, 1.82) is 0 Å². The normalized spacial score (nSPS) is 12.7. The van der Waals surface area contributed by atoms with E-state index < -0.39 is 17.5 Å². The molecule has 108 valence electrons. The van der Waals surface area contributed by atoms with Crippen LogP contribution in [0.1, 0.15) is 31.2 Å². The minimum absolute atomic E-state index is 0.0999. The molecule has 1 N–H and O–H groups in total. The monoisotopic (exact) mass is 299 g/mol. The molecule has 2 aromatic rings. The molecule has 1 atom stereocenters. The van der Waals surface area contributed by atoms with Gasteiger partial charge < -0.3 is 5.32 Å². The standard InChI is InChI=1S/C15H16F3NS/c1-3-6-19-9(2)14-4-5-15(20-14)10-7-12(17)13(18)8-11(10)16/h4-5,7-9,19H,3,6H2,1-2H3. The van der Waals surface area contributed by atoms with Crippen molar-refractivity contribution in [2.24, 2.45) is 0 Å². The Hall–Kier alpha value is -1.33. The fourth-order valence-electron chi connectivity index (χ4n) is 1.90. The first-order valence-corrected chi connectivity index (χ1v) is 7.32. The number of thiophene rings is 1. The third-order valence-electron chi connectivity index (χ3n) is 3.03. The summed E-state index contributed by atoms with van der Waals surface area (Å²) in [5.74, 6) is -2.94. The maximum absolute atomic E-state index is 13.7. The molecule has 1 aromatic carbocycles. The van der Waals surface area contributed by atoms with Crippen molar-refractivity contribution in [2.45, 2.75) is 26.3 Å². The molecule has 0 aliphatic carbocycles. The van der Waals surface area contributed by atoms with Crippen molar-refractivity contribution in [3.05, 3.63) is 46.6 Å². The summed E-state index contributed by atoms with van der Waals surface area (Å²) in [6, 6.07) is 5.27. The van der Waals surface area contributed by atoms with Crippen molar-refractivity contribution in [3.8, 4) is 10.4 Å². The minimum atomic E-state index is -1.17. The van der Waals surface area contributed by atoms with Gasteiger partial charge in [-0.05, 0) is 38.1 Å². The highest BCUT2D eigenvalue weighted by Crippen LogP contribution is 2.33. The molecule has 1 aromatic heterocycles. The van der Waals surface area contributed by atoms with E-state index in [1.807, 2.05) is 13.0 Å². The summed E-state index contributed by atoms with van der Waals surface area (Å²) in [6.07, 6.45) is 1.03. The van der Waals surface area contributed by atoms with Crippen molar-refractivity contribution >= 4 is 11.3 Å². The van der Waals surface area contributed by atoms with Crippen LogP contribution in [0.4, 0.5) is 13.2 Å². The average molecular weight is 299 g/mol. The third kappa shape index (κ3) is 3.22. The van der Waals surface area contributed by atoms with Crippen LogP contribution in [0.25, 0.3) is 10.4 Å². The van der Waals surface area contributed by atoms with Crippen LogP contribution < -0.4 is 5.32 Å². The topological polar surface area (TPSA) is 12.0 Å². The van der Waals surface area contributed by atoms with Gasteiger partial charge in [-0.25, -0.2) is 13.2 Å². The summed E-state index contributed by atoms with van der Waals surface area (Å²) < 4.78 is 39.9. The van der Waals surface area contributed by atoms with Crippen LogP contribution in [0.3, 0.4) is 0 Å². The number of hydrogen-bond acceptors (Lipinski definition) is 2. The SMILES string of the molecule is CCCNC(C)c1ccc(-c2cc(F)c(F)cc2F)s1. The van der Waals surface area contributed by atoms with E-state index >= 15 is 0 Å². The van der Waals surface area contributed by atoms with Gasteiger partial charge in [-0.15, -0.1) is 11.3 Å². The summed E-state index contributed by atoms with van der Waals surface area (Å²) in [5.41, 5.74) is 0.0999. The lowest BCUT2D eigenvalue weighted by atomic mass is 10.1. The summed E-state index contributed by atoms with van der Waals surface area (Å²) in [4.78, 5) is 1.64. The Balaban J connectivity index is 2.27. The molecule has 0 radical (unpaired) electrons. The first kappa shape index (κ1) is 15.1. The molecule has 0 saturated carbocycles. The zero-order chi connectivity index (χ0) is 14.7. The summed E-state index contributed by atoms with van der Waals surface area (Å²) >= 11 is 1.38. The second kappa shape index (κ2) is 6.41. The maximum Gasteiger partial charge on any atom is 0.161 e. The van der Waals surface area contributed by atoms with Crippen LogP contribution >= 0.6 is 11.3 Å². The minimum Gasteiger partial charge on any atom is -0.309 e. The molecule has 0 amide bonds. The van der Waals surface area contributed by atoms with E-state index in [1.165, 1.54) is 11.3 Å². The lowest BCUT2D eigenvalue weighted by Crippen LogP contribution is -2.18. The Morgan fingerprint density at radius 1 is 1.10 bits per heavy atom. The van der Waals surface area contributed by atoms with Gasteiger partial charge in [0.25, 0.3) is 0 Å². The van der Waals surface area contributed by atoms with E-state index in [2.05, 4.69) is 12.2 Å². The molecule has 5 heteroatoms. The van der Waals surface area contributed by atoms with E-state index in [0.717, 1.165) is 23.9 Å². The van der Waals surface area contributed by atoms with E-state index in [-0.39, 0.29) is 11.6 Å². The van der Waals surface area contributed by atoms with Crippen LogP contribution in [0, 0.1) is 17.5 Å². The molecule has 1 heterocycles. The molecule has 2 rings (SSSR count). The molecule has 0 saturated heterocycles.